The van der Waals surface area contributed by atoms with Gasteiger partial charge in [-0.25, -0.2) is 4.39 Å². The first-order valence-electron chi connectivity index (χ1n) is 9.82. The van der Waals surface area contributed by atoms with Crippen molar-refractivity contribution in [3.8, 4) is 0 Å². The summed E-state index contributed by atoms with van der Waals surface area (Å²) in [6.07, 6.45) is 8.38. The molecule has 4 aliphatic rings. The van der Waals surface area contributed by atoms with Crippen LogP contribution in [-0.2, 0) is 9.59 Å². The van der Waals surface area contributed by atoms with Crippen molar-refractivity contribution in [2.24, 2.45) is 28.6 Å². The first-order valence-corrected chi connectivity index (χ1v) is 9.82. The molecule has 138 valence electrons. The summed E-state index contributed by atoms with van der Waals surface area (Å²) in [6.45, 7) is 3.27. The number of carbonyl (C=O) groups excluding carboxylic acids is 2. The fraction of sp³-hybridized carbons (Fsp3) is 0.810. The molecule has 0 amide bonds. The molecule has 1 N–H and O–H groups in total. The van der Waals surface area contributed by atoms with Crippen molar-refractivity contribution in [2.75, 3.05) is 6.67 Å². The second kappa shape index (κ2) is 5.48. The predicted octanol–water partition coefficient (Wildman–Crippen LogP) is 3.79. The Bertz CT molecular complexity index is 656. The average Bonchev–Trinajstić information content (AvgIpc) is 2.87. The molecular weight excluding hydrogens is 319 g/mol. The Balaban J connectivity index is 1.68. The fourth-order valence-electron chi connectivity index (χ4n) is 7.14. The van der Waals surface area contributed by atoms with Crippen LogP contribution in [0.1, 0.15) is 65.2 Å². The third kappa shape index (κ3) is 2.12. The predicted molar refractivity (Wildman–Crippen MR) is 92.6 cm³/mol. The molecule has 6 unspecified atom stereocenters. The van der Waals surface area contributed by atoms with Crippen LogP contribution >= 0.6 is 0 Å². The highest BCUT2D eigenvalue weighted by Crippen LogP contribution is 2.67. The summed E-state index contributed by atoms with van der Waals surface area (Å²) >= 11 is 0. The smallest absolute Gasteiger partial charge is 0.195 e. The van der Waals surface area contributed by atoms with E-state index in [0.29, 0.717) is 24.7 Å². The number of hydrogen-bond donors (Lipinski definition) is 1. The van der Waals surface area contributed by atoms with Crippen LogP contribution in [0.15, 0.2) is 11.6 Å². The Morgan fingerprint density at radius 2 is 1.88 bits per heavy atom. The van der Waals surface area contributed by atoms with Crippen LogP contribution < -0.4 is 0 Å². The van der Waals surface area contributed by atoms with Gasteiger partial charge in [0, 0.05) is 11.8 Å². The first kappa shape index (κ1) is 17.4. The van der Waals surface area contributed by atoms with E-state index in [1.807, 2.05) is 13.0 Å². The minimum Gasteiger partial charge on any atom is -0.381 e. The van der Waals surface area contributed by atoms with E-state index in [1.54, 1.807) is 0 Å². The molecular formula is C21H29FO3. The second-order valence-corrected chi connectivity index (χ2v) is 9.38. The molecule has 25 heavy (non-hydrogen) atoms. The SMILES string of the molecule is CC12CCC(=O)C=C1CCC1C2CCC2(C)C1CCC2(O)C(=O)CF. The summed E-state index contributed by atoms with van der Waals surface area (Å²) in [5.41, 5.74) is -0.582. The number of rotatable bonds is 2. The molecule has 0 aromatic carbocycles. The topological polar surface area (TPSA) is 54.4 Å². The molecule has 0 saturated heterocycles. The lowest BCUT2D eigenvalue weighted by molar-refractivity contribution is -0.163. The molecule has 3 fully saturated rings. The van der Waals surface area contributed by atoms with Gasteiger partial charge in [0.15, 0.2) is 18.2 Å². The Hall–Kier alpha value is -1.03. The van der Waals surface area contributed by atoms with Gasteiger partial charge >= 0.3 is 0 Å². The summed E-state index contributed by atoms with van der Waals surface area (Å²) in [5, 5.41) is 11.1. The summed E-state index contributed by atoms with van der Waals surface area (Å²) in [6, 6.07) is 0. The monoisotopic (exact) mass is 348 g/mol. The third-order valence-electron chi connectivity index (χ3n) is 8.70. The number of Topliss-reactive ketones (excluding diaryl/α,β-unsaturated/α-hetero) is 1. The standard InChI is InChI=1S/C21H29FO3/c1-19-8-5-14(23)11-13(19)3-4-15-16(19)6-9-20(2)17(15)7-10-21(20,25)18(24)12-22/h11,15-17,25H,3-10,12H2,1-2H3. The van der Waals surface area contributed by atoms with Crippen LogP contribution in [-0.4, -0.2) is 28.9 Å². The van der Waals surface area contributed by atoms with E-state index in [9.17, 15) is 19.1 Å². The van der Waals surface area contributed by atoms with Gasteiger partial charge in [-0.3, -0.25) is 9.59 Å². The van der Waals surface area contributed by atoms with E-state index in [2.05, 4.69) is 6.92 Å². The number of aliphatic hydroxyl groups is 1. The molecule has 3 nitrogen and oxygen atoms in total. The second-order valence-electron chi connectivity index (χ2n) is 9.38. The van der Waals surface area contributed by atoms with Gasteiger partial charge in [-0.2, -0.15) is 0 Å². The highest BCUT2D eigenvalue weighted by Gasteiger charge is 2.66. The molecule has 0 heterocycles. The highest BCUT2D eigenvalue weighted by atomic mass is 19.1. The molecule has 6 atom stereocenters. The quantitative estimate of drug-likeness (QED) is 0.826. The number of allylic oxidation sites excluding steroid dienone is 1. The Kier molecular flexibility index (Phi) is 3.81. The highest BCUT2D eigenvalue weighted by molar-refractivity contribution is 5.91. The van der Waals surface area contributed by atoms with Gasteiger partial charge in [0.25, 0.3) is 0 Å². The van der Waals surface area contributed by atoms with Gasteiger partial charge in [0.1, 0.15) is 5.60 Å². The van der Waals surface area contributed by atoms with Gasteiger partial charge in [0.05, 0.1) is 0 Å². The lowest BCUT2D eigenvalue weighted by Crippen LogP contribution is -2.57. The maximum atomic E-state index is 13.1. The number of ketones is 2. The van der Waals surface area contributed by atoms with Crippen molar-refractivity contribution >= 4 is 11.6 Å². The number of carbonyl (C=O) groups is 2. The third-order valence-corrected chi connectivity index (χ3v) is 8.70. The molecule has 0 aromatic rings. The van der Waals surface area contributed by atoms with E-state index in [-0.39, 0.29) is 17.1 Å². The Labute approximate surface area is 149 Å². The molecule has 0 spiro atoms. The molecule has 4 aliphatic carbocycles. The van der Waals surface area contributed by atoms with E-state index in [0.717, 1.165) is 38.5 Å². The summed E-state index contributed by atoms with van der Waals surface area (Å²) < 4.78 is 13.1. The number of halogens is 1. The number of alkyl halides is 1. The largest absolute Gasteiger partial charge is 0.381 e. The van der Waals surface area contributed by atoms with E-state index < -0.39 is 23.5 Å². The average molecular weight is 348 g/mol. The van der Waals surface area contributed by atoms with Gasteiger partial charge in [-0.15, -0.1) is 0 Å². The van der Waals surface area contributed by atoms with Crippen molar-refractivity contribution in [1.82, 2.24) is 0 Å². The summed E-state index contributed by atoms with van der Waals surface area (Å²) in [5.74, 6) is 0.900. The Morgan fingerprint density at radius 3 is 2.60 bits per heavy atom. The van der Waals surface area contributed by atoms with Crippen molar-refractivity contribution in [3.63, 3.8) is 0 Å². The zero-order valence-corrected chi connectivity index (χ0v) is 15.3. The summed E-state index contributed by atoms with van der Waals surface area (Å²) in [4.78, 5) is 24.1. The lowest BCUT2D eigenvalue weighted by atomic mass is 9.46. The van der Waals surface area contributed by atoms with Gasteiger partial charge in [-0.1, -0.05) is 19.4 Å². The van der Waals surface area contributed by atoms with Crippen molar-refractivity contribution < 1.29 is 19.1 Å². The van der Waals surface area contributed by atoms with Gasteiger partial charge < -0.3 is 5.11 Å². The van der Waals surface area contributed by atoms with E-state index in [4.69, 9.17) is 0 Å². The fourth-order valence-corrected chi connectivity index (χ4v) is 7.14. The van der Waals surface area contributed by atoms with E-state index in [1.165, 1.54) is 5.57 Å². The molecule has 0 aliphatic heterocycles. The summed E-state index contributed by atoms with van der Waals surface area (Å²) in [7, 11) is 0. The minimum atomic E-state index is -1.49. The van der Waals surface area contributed by atoms with Crippen molar-refractivity contribution in [1.29, 1.82) is 0 Å². The zero-order valence-electron chi connectivity index (χ0n) is 15.3. The molecule has 0 aromatic heterocycles. The maximum Gasteiger partial charge on any atom is 0.195 e. The molecule has 4 rings (SSSR count). The van der Waals surface area contributed by atoms with Gasteiger partial charge in [-0.05, 0) is 74.2 Å². The van der Waals surface area contributed by atoms with Gasteiger partial charge in [0.2, 0.25) is 0 Å². The van der Waals surface area contributed by atoms with Crippen LogP contribution in [0, 0.1) is 28.6 Å². The molecule has 0 bridgehead atoms. The number of fused-ring (bicyclic) bond motifs is 5. The van der Waals surface area contributed by atoms with Crippen LogP contribution in [0.2, 0.25) is 0 Å². The zero-order chi connectivity index (χ0) is 18.0. The lowest BCUT2D eigenvalue weighted by Gasteiger charge is -2.58. The minimum absolute atomic E-state index is 0.0863. The normalized spacial score (nSPS) is 49.0. The Morgan fingerprint density at radius 1 is 1.16 bits per heavy atom. The molecule has 0 radical (unpaired) electrons. The van der Waals surface area contributed by atoms with Crippen molar-refractivity contribution in [3.05, 3.63) is 11.6 Å². The maximum absolute atomic E-state index is 13.1. The van der Waals surface area contributed by atoms with Crippen LogP contribution in [0.5, 0.6) is 0 Å². The molecule has 4 heteroatoms. The number of hydrogen-bond acceptors (Lipinski definition) is 3. The van der Waals surface area contributed by atoms with Crippen LogP contribution in [0.4, 0.5) is 4.39 Å². The first-order chi connectivity index (χ1) is 11.8. The van der Waals surface area contributed by atoms with Crippen LogP contribution in [0.25, 0.3) is 0 Å². The van der Waals surface area contributed by atoms with Crippen LogP contribution in [0.3, 0.4) is 0 Å². The molecule has 3 saturated carbocycles. The van der Waals surface area contributed by atoms with E-state index >= 15 is 0 Å². The van der Waals surface area contributed by atoms with Crippen molar-refractivity contribution in [2.45, 2.75) is 70.8 Å².